The quantitative estimate of drug-likeness (QED) is 0.583. The Morgan fingerprint density at radius 2 is 1.64 bits per heavy atom. The molecular formula is C23H30N2O3. The SMILES string of the molecule is CCOc1ccccc1/C=C/C(=O)Nc1ccccc1OCCN(CC)CC. The molecule has 0 saturated heterocycles. The van der Waals surface area contributed by atoms with Crippen LogP contribution in [-0.2, 0) is 4.79 Å². The number of carbonyl (C=O) groups is 1. The van der Waals surface area contributed by atoms with Gasteiger partial charge >= 0.3 is 0 Å². The van der Waals surface area contributed by atoms with Gasteiger partial charge in [-0.3, -0.25) is 4.79 Å². The lowest BCUT2D eigenvalue weighted by molar-refractivity contribution is -0.111. The van der Waals surface area contributed by atoms with Crippen molar-refractivity contribution in [2.45, 2.75) is 20.8 Å². The van der Waals surface area contributed by atoms with E-state index in [1.54, 1.807) is 6.08 Å². The summed E-state index contributed by atoms with van der Waals surface area (Å²) in [6.45, 7) is 10.2. The van der Waals surface area contributed by atoms with Gasteiger partial charge in [0.25, 0.3) is 0 Å². The maximum atomic E-state index is 12.4. The lowest BCUT2D eigenvalue weighted by Crippen LogP contribution is -2.28. The van der Waals surface area contributed by atoms with Gasteiger partial charge in [-0.15, -0.1) is 0 Å². The Balaban J connectivity index is 1.99. The highest BCUT2D eigenvalue weighted by Crippen LogP contribution is 2.24. The molecule has 0 spiro atoms. The maximum Gasteiger partial charge on any atom is 0.248 e. The van der Waals surface area contributed by atoms with Crippen LogP contribution in [-0.4, -0.2) is 43.7 Å². The first-order valence-corrected chi connectivity index (χ1v) is 9.83. The first-order chi connectivity index (χ1) is 13.7. The number of nitrogens with zero attached hydrogens (tertiary/aromatic N) is 1. The third kappa shape index (κ3) is 6.74. The third-order valence-electron chi connectivity index (χ3n) is 4.34. The third-order valence-corrected chi connectivity index (χ3v) is 4.34. The molecule has 0 saturated carbocycles. The van der Waals surface area contributed by atoms with Crippen molar-refractivity contribution in [3.05, 3.63) is 60.2 Å². The number of hydrogen-bond donors (Lipinski definition) is 1. The molecule has 0 fully saturated rings. The van der Waals surface area contributed by atoms with Gasteiger partial charge in [-0.1, -0.05) is 44.2 Å². The summed E-state index contributed by atoms with van der Waals surface area (Å²) in [5.74, 6) is 1.21. The second kappa shape index (κ2) is 11.8. The van der Waals surface area contributed by atoms with Crippen molar-refractivity contribution in [1.82, 2.24) is 4.90 Å². The maximum absolute atomic E-state index is 12.4. The van der Waals surface area contributed by atoms with Crippen LogP contribution in [0.1, 0.15) is 26.3 Å². The van der Waals surface area contributed by atoms with Gasteiger partial charge < -0.3 is 19.7 Å². The first kappa shape index (κ1) is 21.5. The van der Waals surface area contributed by atoms with Crippen LogP contribution >= 0.6 is 0 Å². The van der Waals surface area contributed by atoms with E-state index >= 15 is 0 Å². The summed E-state index contributed by atoms with van der Waals surface area (Å²) in [7, 11) is 0. The van der Waals surface area contributed by atoms with Crippen molar-refractivity contribution >= 4 is 17.7 Å². The zero-order chi connectivity index (χ0) is 20.2. The Hall–Kier alpha value is -2.79. The molecule has 0 aromatic heterocycles. The summed E-state index contributed by atoms with van der Waals surface area (Å²) in [6, 6.07) is 15.1. The summed E-state index contributed by atoms with van der Waals surface area (Å²) in [5, 5.41) is 2.89. The Kier molecular flexibility index (Phi) is 9.08. The predicted octanol–water partition coefficient (Wildman–Crippen LogP) is 4.46. The minimum atomic E-state index is -0.217. The number of nitrogens with one attached hydrogen (secondary N) is 1. The topological polar surface area (TPSA) is 50.8 Å². The monoisotopic (exact) mass is 382 g/mol. The normalized spacial score (nSPS) is 11.0. The minimum absolute atomic E-state index is 0.217. The summed E-state index contributed by atoms with van der Waals surface area (Å²) < 4.78 is 11.5. The van der Waals surface area contributed by atoms with Gasteiger partial charge in [-0.05, 0) is 44.3 Å². The molecule has 5 nitrogen and oxygen atoms in total. The Morgan fingerprint density at radius 1 is 0.964 bits per heavy atom. The highest BCUT2D eigenvalue weighted by molar-refractivity contribution is 6.02. The van der Waals surface area contributed by atoms with E-state index in [1.165, 1.54) is 6.08 Å². The fraction of sp³-hybridized carbons (Fsp3) is 0.348. The summed E-state index contributed by atoms with van der Waals surface area (Å²) in [4.78, 5) is 14.7. The number of benzene rings is 2. The highest BCUT2D eigenvalue weighted by atomic mass is 16.5. The molecule has 0 aliphatic carbocycles. The molecule has 28 heavy (non-hydrogen) atoms. The molecule has 0 heterocycles. The average molecular weight is 383 g/mol. The molecule has 150 valence electrons. The van der Waals surface area contributed by atoms with E-state index in [4.69, 9.17) is 9.47 Å². The van der Waals surface area contributed by atoms with Crippen molar-refractivity contribution in [2.75, 3.05) is 38.2 Å². The van der Waals surface area contributed by atoms with E-state index in [1.807, 2.05) is 55.5 Å². The van der Waals surface area contributed by atoms with Crippen LogP contribution in [0.4, 0.5) is 5.69 Å². The van der Waals surface area contributed by atoms with Crippen molar-refractivity contribution in [1.29, 1.82) is 0 Å². The molecule has 2 aromatic carbocycles. The second-order valence-corrected chi connectivity index (χ2v) is 6.16. The smallest absolute Gasteiger partial charge is 0.248 e. The van der Waals surface area contributed by atoms with Gasteiger partial charge in [0.1, 0.15) is 18.1 Å². The van der Waals surface area contributed by atoms with Crippen molar-refractivity contribution in [3.63, 3.8) is 0 Å². The van der Waals surface area contributed by atoms with Gasteiger partial charge in [0.15, 0.2) is 0 Å². The number of carbonyl (C=O) groups excluding carboxylic acids is 1. The van der Waals surface area contributed by atoms with Crippen molar-refractivity contribution in [2.24, 2.45) is 0 Å². The molecule has 0 bridgehead atoms. The molecule has 1 amide bonds. The standard InChI is InChI=1S/C23H30N2O3/c1-4-25(5-2)17-18-28-22-14-10-8-12-20(22)24-23(26)16-15-19-11-7-9-13-21(19)27-6-3/h7-16H,4-6,17-18H2,1-3H3,(H,24,26)/b16-15+. The molecule has 0 atom stereocenters. The first-order valence-electron chi connectivity index (χ1n) is 9.83. The van der Waals surface area contributed by atoms with Gasteiger partial charge in [0, 0.05) is 18.2 Å². The summed E-state index contributed by atoms with van der Waals surface area (Å²) in [6.07, 6.45) is 3.26. The predicted molar refractivity (Wildman–Crippen MR) is 115 cm³/mol. The number of amides is 1. The van der Waals surface area contributed by atoms with Gasteiger partial charge in [-0.25, -0.2) is 0 Å². The summed E-state index contributed by atoms with van der Waals surface area (Å²) >= 11 is 0. The number of rotatable bonds is 11. The number of ether oxygens (including phenoxy) is 2. The molecule has 2 rings (SSSR count). The van der Waals surface area contributed by atoms with Crippen LogP contribution < -0.4 is 14.8 Å². The molecule has 0 aliphatic heterocycles. The number of hydrogen-bond acceptors (Lipinski definition) is 4. The van der Waals surface area contributed by atoms with Crippen LogP contribution in [0.3, 0.4) is 0 Å². The molecular weight excluding hydrogens is 352 g/mol. The van der Waals surface area contributed by atoms with Crippen LogP contribution in [0, 0.1) is 0 Å². The lowest BCUT2D eigenvalue weighted by atomic mass is 10.2. The highest BCUT2D eigenvalue weighted by Gasteiger charge is 2.07. The lowest BCUT2D eigenvalue weighted by Gasteiger charge is -2.19. The van der Waals surface area contributed by atoms with E-state index in [2.05, 4.69) is 24.1 Å². The van der Waals surface area contributed by atoms with Crippen LogP contribution in [0.2, 0.25) is 0 Å². The minimum Gasteiger partial charge on any atom is -0.493 e. The molecule has 1 N–H and O–H groups in total. The largest absolute Gasteiger partial charge is 0.493 e. The van der Waals surface area contributed by atoms with Gasteiger partial charge in [0.2, 0.25) is 5.91 Å². The number of para-hydroxylation sites is 3. The summed E-state index contributed by atoms with van der Waals surface area (Å²) in [5.41, 5.74) is 1.53. The molecule has 2 aromatic rings. The molecule has 0 unspecified atom stereocenters. The fourth-order valence-corrected chi connectivity index (χ4v) is 2.77. The number of anilines is 1. The van der Waals surface area contributed by atoms with Crippen LogP contribution in [0.25, 0.3) is 6.08 Å². The molecule has 5 heteroatoms. The van der Waals surface area contributed by atoms with Gasteiger partial charge in [-0.2, -0.15) is 0 Å². The molecule has 0 radical (unpaired) electrons. The van der Waals surface area contributed by atoms with Crippen molar-refractivity contribution in [3.8, 4) is 11.5 Å². The average Bonchev–Trinajstić information content (AvgIpc) is 2.72. The fourth-order valence-electron chi connectivity index (χ4n) is 2.77. The molecule has 0 aliphatic rings. The zero-order valence-corrected chi connectivity index (χ0v) is 17.0. The van der Waals surface area contributed by atoms with E-state index < -0.39 is 0 Å². The van der Waals surface area contributed by atoms with E-state index in [9.17, 15) is 4.79 Å². The Bertz CT molecular complexity index is 770. The van der Waals surface area contributed by atoms with Crippen LogP contribution in [0.15, 0.2) is 54.6 Å². The van der Waals surface area contributed by atoms with Gasteiger partial charge in [0.05, 0.1) is 12.3 Å². The van der Waals surface area contributed by atoms with E-state index in [0.717, 1.165) is 30.9 Å². The zero-order valence-electron chi connectivity index (χ0n) is 17.0. The Labute approximate surface area is 168 Å². The van der Waals surface area contributed by atoms with E-state index in [-0.39, 0.29) is 5.91 Å². The van der Waals surface area contributed by atoms with Crippen molar-refractivity contribution < 1.29 is 14.3 Å². The number of likely N-dealkylation sites (N-methyl/N-ethyl adjacent to an activating group) is 1. The van der Waals surface area contributed by atoms with Crippen LogP contribution in [0.5, 0.6) is 11.5 Å². The van der Waals surface area contributed by atoms with E-state index in [0.29, 0.717) is 24.7 Å². The second-order valence-electron chi connectivity index (χ2n) is 6.16. The Morgan fingerprint density at radius 3 is 2.36 bits per heavy atom.